The van der Waals surface area contributed by atoms with Gasteiger partial charge in [0, 0.05) is 31.1 Å². The van der Waals surface area contributed by atoms with Crippen molar-refractivity contribution in [3.8, 4) is 0 Å². The van der Waals surface area contributed by atoms with Gasteiger partial charge in [-0.2, -0.15) is 0 Å². The van der Waals surface area contributed by atoms with E-state index in [4.69, 9.17) is 4.98 Å². The monoisotopic (exact) mass is 254 g/mol. The van der Waals surface area contributed by atoms with Gasteiger partial charge in [0.15, 0.2) is 0 Å². The average molecular weight is 254 g/mol. The fourth-order valence-corrected chi connectivity index (χ4v) is 3.15. The predicted octanol–water partition coefficient (Wildman–Crippen LogP) is 1.34. The maximum Gasteiger partial charge on any atom is 0.111 e. The minimum Gasteiger partial charge on any atom is -0.312 e. The standard InChI is InChI=1S/C12H22N4S/c1-9(13-2)10-8-17-12(14-10)11-7-15(3)5-6-16(11)4/h8-9,11,13H,5-7H2,1-4H3. The van der Waals surface area contributed by atoms with Crippen molar-refractivity contribution in [1.82, 2.24) is 20.1 Å². The first-order valence-electron chi connectivity index (χ1n) is 6.13. The fraction of sp³-hybridized carbons (Fsp3) is 0.750. The molecule has 1 aromatic rings. The summed E-state index contributed by atoms with van der Waals surface area (Å²) in [6.45, 7) is 5.50. The molecule has 4 nitrogen and oxygen atoms in total. The zero-order valence-electron chi connectivity index (χ0n) is 11.1. The van der Waals surface area contributed by atoms with Gasteiger partial charge in [-0.05, 0) is 28.1 Å². The lowest BCUT2D eigenvalue weighted by Crippen LogP contribution is -2.44. The largest absolute Gasteiger partial charge is 0.312 e. The van der Waals surface area contributed by atoms with Crippen molar-refractivity contribution in [2.24, 2.45) is 0 Å². The van der Waals surface area contributed by atoms with E-state index in [0.29, 0.717) is 12.1 Å². The number of nitrogens with one attached hydrogen (secondary N) is 1. The Morgan fingerprint density at radius 3 is 2.94 bits per heavy atom. The fourth-order valence-electron chi connectivity index (χ4n) is 2.08. The van der Waals surface area contributed by atoms with E-state index in [0.717, 1.165) is 25.3 Å². The molecule has 0 amide bonds. The molecule has 2 heterocycles. The number of aromatic nitrogens is 1. The molecule has 96 valence electrons. The van der Waals surface area contributed by atoms with Crippen LogP contribution in [0.2, 0.25) is 0 Å². The zero-order chi connectivity index (χ0) is 12.4. The van der Waals surface area contributed by atoms with Gasteiger partial charge in [0.25, 0.3) is 0 Å². The van der Waals surface area contributed by atoms with Gasteiger partial charge in [0.1, 0.15) is 5.01 Å². The van der Waals surface area contributed by atoms with Crippen molar-refractivity contribution in [1.29, 1.82) is 0 Å². The molecule has 1 aliphatic heterocycles. The highest BCUT2D eigenvalue weighted by Crippen LogP contribution is 2.27. The van der Waals surface area contributed by atoms with Gasteiger partial charge < -0.3 is 10.2 Å². The second-order valence-corrected chi connectivity index (χ2v) is 5.77. The van der Waals surface area contributed by atoms with Crippen molar-refractivity contribution in [2.75, 3.05) is 40.8 Å². The lowest BCUT2D eigenvalue weighted by atomic mass is 10.2. The number of hydrogen-bond donors (Lipinski definition) is 1. The van der Waals surface area contributed by atoms with Gasteiger partial charge in [-0.15, -0.1) is 11.3 Å². The van der Waals surface area contributed by atoms with Crippen LogP contribution in [0.15, 0.2) is 5.38 Å². The Morgan fingerprint density at radius 2 is 2.24 bits per heavy atom. The second kappa shape index (κ2) is 5.44. The lowest BCUT2D eigenvalue weighted by molar-refractivity contribution is 0.115. The van der Waals surface area contributed by atoms with Crippen LogP contribution in [0.25, 0.3) is 0 Å². The molecule has 1 aromatic heterocycles. The topological polar surface area (TPSA) is 31.4 Å². The molecule has 0 bridgehead atoms. The van der Waals surface area contributed by atoms with E-state index >= 15 is 0 Å². The third-order valence-corrected chi connectivity index (χ3v) is 4.52. The Bertz CT molecular complexity index is 365. The Morgan fingerprint density at radius 1 is 1.47 bits per heavy atom. The molecular formula is C12H22N4S. The van der Waals surface area contributed by atoms with Crippen LogP contribution in [0, 0.1) is 0 Å². The summed E-state index contributed by atoms with van der Waals surface area (Å²) in [5.74, 6) is 0. The molecule has 0 spiro atoms. The van der Waals surface area contributed by atoms with E-state index in [1.165, 1.54) is 5.01 Å². The van der Waals surface area contributed by atoms with Gasteiger partial charge in [0.2, 0.25) is 0 Å². The van der Waals surface area contributed by atoms with Crippen molar-refractivity contribution < 1.29 is 0 Å². The van der Waals surface area contributed by atoms with Crippen molar-refractivity contribution in [2.45, 2.75) is 19.0 Å². The molecule has 1 aliphatic rings. The molecule has 17 heavy (non-hydrogen) atoms. The Labute approximate surface area is 108 Å². The van der Waals surface area contributed by atoms with Crippen LogP contribution in [-0.4, -0.2) is 55.6 Å². The molecule has 0 aromatic carbocycles. The summed E-state index contributed by atoms with van der Waals surface area (Å²) in [5, 5.41) is 6.66. The third kappa shape index (κ3) is 2.85. The van der Waals surface area contributed by atoms with Crippen LogP contribution in [0.1, 0.15) is 29.7 Å². The van der Waals surface area contributed by atoms with Crippen molar-refractivity contribution in [3.05, 3.63) is 16.1 Å². The Kier molecular flexibility index (Phi) is 4.14. The molecule has 1 fully saturated rings. The Balaban J connectivity index is 2.13. The molecule has 0 radical (unpaired) electrons. The molecular weight excluding hydrogens is 232 g/mol. The molecule has 5 heteroatoms. The SMILES string of the molecule is CNC(C)c1csc(C2CN(C)CCN2C)n1. The van der Waals surface area contributed by atoms with Crippen LogP contribution in [0.3, 0.4) is 0 Å². The maximum atomic E-state index is 4.78. The first-order chi connectivity index (χ1) is 8.11. The van der Waals surface area contributed by atoms with E-state index in [2.05, 4.69) is 41.5 Å². The van der Waals surface area contributed by atoms with Crippen LogP contribution >= 0.6 is 11.3 Å². The van der Waals surface area contributed by atoms with E-state index in [-0.39, 0.29) is 0 Å². The summed E-state index contributed by atoms with van der Waals surface area (Å²) in [5.41, 5.74) is 1.16. The first-order valence-corrected chi connectivity index (χ1v) is 7.01. The number of likely N-dealkylation sites (N-methyl/N-ethyl adjacent to an activating group) is 2. The van der Waals surface area contributed by atoms with Gasteiger partial charge in [0.05, 0.1) is 11.7 Å². The number of hydrogen-bond acceptors (Lipinski definition) is 5. The highest BCUT2D eigenvalue weighted by Gasteiger charge is 2.26. The highest BCUT2D eigenvalue weighted by molar-refractivity contribution is 7.09. The minimum atomic E-state index is 0.339. The number of piperazine rings is 1. The normalized spacial score (nSPS) is 25.1. The molecule has 1 saturated heterocycles. The van der Waals surface area contributed by atoms with E-state index in [1.54, 1.807) is 11.3 Å². The van der Waals surface area contributed by atoms with Crippen LogP contribution in [-0.2, 0) is 0 Å². The lowest BCUT2D eigenvalue weighted by Gasteiger charge is -2.36. The van der Waals surface area contributed by atoms with Crippen LogP contribution in [0.4, 0.5) is 0 Å². The van der Waals surface area contributed by atoms with E-state index in [1.807, 2.05) is 7.05 Å². The van der Waals surface area contributed by atoms with E-state index in [9.17, 15) is 0 Å². The molecule has 2 rings (SSSR count). The molecule has 2 atom stereocenters. The summed E-state index contributed by atoms with van der Waals surface area (Å²) >= 11 is 1.79. The summed E-state index contributed by atoms with van der Waals surface area (Å²) in [4.78, 5) is 9.57. The summed E-state index contributed by atoms with van der Waals surface area (Å²) in [7, 11) is 6.36. The first kappa shape index (κ1) is 13.0. The summed E-state index contributed by atoms with van der Waals surface area (Å²) in [6.07, 6.45) is 0. The van der Waals surface area contributed by atoms with Crippen molar-refractivity contribution >= 4 is 11.3 Å². The van der Waals surface area contributed by atoms with Gasteiger partial charge >= 0.3 is 0 Å². The van der Waals surface area contributed by atoms with Gasteiger partial charge in [-0.1, -0.05) is 0 Å². The average Bonchev–Trinajstić information content (AvgIpc) is 2.80. The van der Waals surface area contributed by atoms with Gasteiger partial charge in [-0.3, -0.25) is 4.90 Å². The predicted molar refractivity (Wildman–Crippen MR) is 72.5 cm³/mol. The number of thiazole rings is 1. The minimum absolute atomic E-state index is 0.339. The third-order valence-electron chi connectivity index (χ3n) is 3.55. The smallest absolute Gasteiger partial charge is 0.111 e. The Hall–Kier alpha value is -0.490. The van der Waals surface area contributed by atoms with E-state index < -0.39 is 0 Å². The van der Waals surface area contributed by atoms with Crippen LogP contribution < -0.4 is 5.32 Å². The van der Waals surface area contributed by atoms with Gasteiger partial charge in [-0.25, -0.2) is 4.98 Å². The second-order valence-electron chi connectivity index (χ2n) is 4.88. The quantitative estimate of drug-likeness (QED) is 0.882. The number of rotatable bonds is 3. The maximum absolute atomic E-state index is 4.78. The summed E-state index contributed by atoms with van der Waals surface area (Å²) < 4.78 is 0. The molecule has 1 N–H and O–H groups in total. The van der Waals surface area contributed by atoms with Crippen molar-refractivity contribution in [3.63, 3.8) is 0 Å². The zero-order valence-corrected chi connectivity index (χ0v) is 11.9. The molecule has 2 unspecified atom stereocenters. The molecule has 0 saturated carbocycles. The molecule has 0 aliphatic carbocycles. The number of nitrogens with zero attached hydrogens (tertiary/aromatic N) is 3. The van der Waals surface area contributed by atoms with Crippen LogP contribution in [0.5, 0.6) is 0 Å². The highest BCUT2D eigenvalue weighted by atomic mass is 32.1. The summed E-state index contributed by atoms with van der Waals surface area (Å²) in [6, 6.07) is 0.795.